The molecule has 0 amide bonds. The molecule has 0 radical (unpaired) electrons. The molecular weight excluding hydrogens is 264 g/mol. The van der Waals surface area contributed by atoms with Crippen LogP contribution in [0.25, 0.3) is 0 Å². The van der Waals surface area contributed by atoms with Crippen molar-refractivity contribution in [3.05, 3.63) is 51.5 Å². The van der Waals surface area contributed by atoms with Gasteiger partial charge in [-0.25, -0.2) is 0 Å². The number of aromatic nitrogens is 1. The fourth-order valence-corrected chi connectivity index (χ4v) is 4.30. The molecule has 2 aromatic rings. The summed E-state index contributed by atoms with van der Waals surface area (Å²) >= 11 is 2.01. The molecule has 0 saturated carbocycles. The third-order valence-electron chi connectivity index (χ3n) is 4.10. The molecule has 2 nitrogen and oxygen atoms in total. The minimum atomic E-state index is 0.391. The summed E-state index contributed by atoms with van der Waals surface area (Å²) in [5.41, 5.74) is 2.76. The molecule has 0 fully saturated rings. The Kier molecular flexibility index (Phi) is 4.48. The van der Waals surface area contributed by atoms with Gasteiger partial charge in [0.15, 0.2) is 0 Å². The van der Waals surface area contributed by atoms with Gasteiger partial charge in [0.1, 0.15) is 0 Å². The van der Waals surface area contributed by atoms with E-state index in [4.69, 9.17) is 0 Å². The van der Waals surface area contributed by atoms with Crippen LogP contribution in [0.15, 0.2) is 30.5 Å². The highest BCUT2D eigenvalue weighted by atomic mass is 32.1. The lowest BCUT2D eigenvalue weighted by atomic mass is 10.1. The molecule has 1 N–H and O–H groups in total. The molecule has 106 valence electrons. The molecule has 0 saturated heterocycles. The second-order valence-corrected chi connectivity index (χ2v) is 6.69. The molecular formula is C17H22N2S. The Hall–Kier alpha value is -1.19. The lowest BCUT2D eigenvalue weighted by molar-refractivity contribution is 0.593. The first-order valence-electron chi connectivity index (χ1n) is 7.55. The molecule has 1 aliphatic carbocycles. The summed E-state index contributed by atoms with van der Waals surface area (Å²) < 4.78 is 0. The number of rotatable bonds is 4. The molecule has 2 heterocycles. The van der Waals surface area contributed by atoms with Crippen molar-refractivity contribution in [2.45, 2.75) is 44.6 Å². The van der Waals surface area contributed by atoms with Gasteiger partial charge in [-0.1, -0.05) is 12.5 Å². The van der Waals surface area contributed by atoms with Crippen LogP contribution in [0.2, 0.25) is 0 Å². The number of pyridine rings is 1. The van der Waals surface area contributed by atoms with Crippen LogP contribution in [0.5, 0.6) is 0 Å². The fraction of sp³-hybridized carbons (Fsp3) is 0.471. The predicted octanol–water partition coefficient (Wildman–Crippen LogP) is 3.92. The van der Waals surface area contributed by atoms with E-state index in [1.807, 2.05) is 23.6 Å². The molecule has 1 aliphatic rings. The Bertz CT molecular complexity index is 524. The van der Waals surface area contributed by atoms with Crippen molar-refractivity contribution in [3.63, 3.8) is 0 Å². The Morgan fingerprint density at radius 1 is 1.25 bits per heavy atom. The SMILES string of the molecule is CNC(Cc1ccccn1)c1cc2c(s1)CCCCC2. The Morgan fingerprint density at radius 2 is 2.15 bits per heavy atom. The largest absolute Gasteiger partial charge is 0.312 e. The number of hydrogen-bond donors (Lipinski definition) is 1. The average Bonchev–Trinajstić information content (AvgIpc) is 2.76. The average molecular weight is 286 g/mol. The van der Waals surface area contributed by atoms with Crippen molar-refractivity contribution in [2.24, 2.45) is 0 Å². The highest BCUT2D eigenvalue weighted by Crippen LogP contribution is 2.33. The van der Waals surface area contributed by atoms with Crippen molar-refractivity contribution in [2.75, 3.05) is 7.05 Å². The van der Waals surface area contributed by atoms with Gasteiger partial charge in [0.25, 0.3) is 0 Å². The van der Waals surface area contributed by atoms with E-state index in [0.717, 1.165) is 12.1 Å². The van der Waals surface area contributed by atoms with E-state index >= 15 is 0 Å². The summed E-state index contributed by atoms with van der Waals surface area (Å²) in [7, 11) is 2.05. The van der Waals surface area contributed by atoms with Gasteiger partial charge in [0.05, 0.1) is 0 Å². The highest BCUT2D eigenvalue weighted by molar-refractivity contribution is 7.12. The van der Waals surface area contributed by atoms with Crippen molar-refractivity contribution >= 4 is 11.3 Å². The Balaban J connectivity index is 1.79. The van der Waals surface area contributed by atoms with E-state index in [1.54, 1.807) is 10.4 Å². The van der Waals surface area contributed by atoms with E-state index in [-0.39, 0.29) is 0 Å². The first kappa shape index (κ1) is 13.8. The summed E-state index contributed by atoms with van der Waals surface area (Å²) in [6.07, 6.45) is 9.50. The van der Waals surface area contributed by atoms with Gasteiger partial charge in [-0.05, 0) is 56.5 Å². The van der Waals surface area contributed by atoms with Gasteiger partial charge >= 0.3 is 0 Å². The van der Waals surface area contributed by atoms with Crippen molar-refractivity contribution in [1.82, 2.24) is 10.3 Å². The number of thiophene rings is 1. The smallest absolute Gasteiger partial charge is 0.0468 e. The maximum absolute atomic E-state index is 4.45. The molecule has 3 rings (SSSR count). The molecule has 3 heteroatoms. The Morgan fingerprint density at radius 3 is 2.95 bits per heavy atom. The highest BCUT2D eigenvalue weighted by Gasteiger charge is 2.18. The van der Waals surface area contributed by atoms with E-state index < -0.39 is 0 Å². The molecule has 2 aromatic heterocycles. The topological polar surface area (TPSA) is 24.9 Å². The summed E-state index contributed by atoms with van der Waals surface area (Å²) in [6, 6.07) is 8.99. The van der Waals surface area contributed by atoms with E-state index in [9.17, 15) is 0 Å². The van der Waals surface area contributed by atoms with Crippen LogP contribution in [0, 0.1) is 0 Å². The summed E-state index contributed by atoms with van der Waals surface area (Å²) in [4.78, 5) is 7.55. The van der Waals surface area contributed by atoms with Crippen molar-refractivity contribution in [3.8, 4) is 0 Å². The minimum Gasteiger partial charge on any atom is -0.312 e. The quantitative estimate of drug-likeness (QED) is 0.862. The van der Waals surface area contributed by atoms with Crippen molar-refractivity contribution in [1.29, 1.82) is 0 Å². The van der Waals surface area contributed by atoms with Gasteiger partial charge < -0.3 is 5.32 Å². The van der Waals surface area contributed by atoms with Crippen molar-refractivity contribution < 1.29 is 0 Å². The summed E-state index contributed by atoms with van der Waals surface area (Å²) in [6.45, 7) is 0. The third kappa shape index (κ3) is 3.10. The molecule has 0 spiro atoms. The van der Waals surface area contributed by atoms with E-state index in [1.165, 1.54) is 37.0 Å². The van der Waals surface area contributed by atoms with Gasteiger partial charge in [-0.2, -0.15) is 0 Å². The lowest BCUT2D eigenvalue weighted by Gasteiger charge is -2.14. The number of likely N-dealkylation sites (N-methyl/N-ethyl adjacent to an activating group) is 1. The maximum Gasteiger partial charge on any atom is 0.0468 e. The van der Waals surface area contributed by atoms with Gasteiger partial charge in [0, 0.05) is 34.1 Å². The van der Waals surface area contributed by atoms with Crippen LogP contribution in [0.3, 0.4) is 0 Å². The summed E-state index contributed by atoms with van der Waals surface area (Å²) in [5, 5.41) is 3.46. The predicted molar refractivity (Wildman–Crippen MR) is 85.3 cm³/mol. The normalized spacial score (nSPS) is 16.4. The van der Waals surface area contributed by atoms with Crippen LogP contribution >= 0.6 is 11.3 Å². The number of fused-ring (bicyclic) bond motifs is 1. The monoisotopic (exact) mass is 286 g/mol. The second kappa shape index (κ2) is 6.51. The van der Waals surface area contributed by atoms with E-state index in [2.05, 4.69) is 35.5 Å². The fourth-order valence-electron chi connectivity index (χ4n) is 2.94. The third-order valence-corrected chi connectivity index (χ3v) is 5.45. The molecule has 0 aliphatic heterocycles. The van der Waals surface area contributed by atoms with Crippen LogP contribution < -0.4 is 5.32 Å². The van der Waals surface area contributed by atoms with Gasteiger partial charge in [0.2, 0.25) is 0 Å². The molecule has 1 unspecified atom stereocenters. The molecule has 0 bridgehead atoms. The lowest BCUT2D eigenvalue weighted by Crippen LogP contribution is -2.18. The Labute approximate surface area is 125 Å². The van der Waals surface area contributed by atoms with Crippen LogP contribution in [0.1, 0.15) is 46.3 Å². The minimum absolute atomic E-state index is 0.391. The zero-order chi connectivity index (χ0) is 13.8. The first-order valence-corrected chi connectivity index (χ1v) is 8.37. The van der Waals surface area contributed by atoms with Crippen LogP contribution in [0.4, 0.5) is 0 Å². The molecule has 1 atom stereocenters. The molecule has 0 aromatic carbocycles. The molecule has 20 heavy (non-hydrogen) atoms. The van der Waals surface area contributed by atoms with E-state index in [0.29, 0.717) is 6.04 Å². The van der Waals surface area contributed by atoms with Crippen LogP contribution in [-0.4, -0.2) is 12.0 Å². The number of nitrogens with zero attached hydrogens (tertiary/aromatic N) is 1. The standard InChI is InChI=1S/C17H22N2S/c1-18-15(12-14-8-5-6-10-19-14)17-11-13-7-3-2-4-9-16(13)20-17/h5-6,8,10-11,15,18H,2-4,7,9,12H2,1H3. The maximum atomic E-state index is 4.45. The number of nitrogens with one attached hydrogen (secondary N) is 1. The van der Waals surface area contributed by atoms with Gasteiger partial charge in [-0.15, -0.1) is 11.3 Å². The summed E-state index contributed by atoms with van der Waals surface area (Å²) in [5.74, 6) is 0. The zero-order valence-corrected chi connectivity index (χ0v) is 12.9. The number of hydrogen-bond acceptors (Lipinski definition) is 3. The van der Waals surface area contributed by atoms with Crippen LogP contribution in [-0.2, 0) is 19.3 Å². The number of aryl methyl sites for hydroxylation is 2. The first-order chi connectivity index (χ1) is 9.86. The zero-order valence-electron chi connectivity index (χ0n) is 12.1. The van der Waals surface area contributed by atoms with Gasteiger partial charge in [-0.3, -0.25) is 4.98 Å². The second-order valence-electron chi connectivity index (χ2n) is 5.52.